The van der Waals surface area contributed by atoms with E-state index in [0.717, 1.165) is 24.2 Å². The fraction of sp³-hybridized carbons (Fsp3) is 1.00. The normalized spacial score (nSPS) is 58.6. The van der Waals surface area contributed by atoms with Crippen molar-refractivity contribution >= 4 is 0 Å². The van der Waals surface area contributed by atoms with Gasteiger partial charge in [0.1, 0.15) is 0 Å². The minimum atomic E-state index is -0.0105. The van der Waals surface area contributed by atoms with E-state index in [1.807, 2.05) is 0 Å². The minimum Gasteiger partial charge on any atom is -0.396 e. The number of hydrogen-bond donors (Lipinski definition) is 2. The van der Waals surface area contributed by atoms with Crippen LogP contribution in [0.3, 0.4) is 0 Å². The van der Waals surface area contributed by atoms with Gasteiger partial charge in [0.15, 0.2) is 0 Å². The van der Waals surface area contributed by atoms with Gasteiger partial charge in [-0.25, -0.2) is 0 Å². The van der Waals surface area contributed by atoms with E-state index in [2.05, 4.69) is 0 Å². The van der Waals surface area contributed by atoms with Crippen LogP contribution in [0.5, 0.6) is 0 Å². The Balaban J connectivity index is 1.79. The van der Waals surface area contributed by atoms with Crippen molar-refractivity contribution in [3.05, 3.63) is 0 Å². The lowest BCUT2D eigenvalue weighted by Gasteiger charge is -2.28. The molecule has 2 bridgehead atoms. The summed E-state index contributed by atoms with van der Waals surface area (Å²) in [5, 5.41) is 18.9. The molecule has 0 amide bonds. The summed E-state index contributed by atoms with van der Waals surface area (Å²) in [5.74, 6) is 3.54. The van der Waals surface area contributed by atoms with E-state index in [0.29, 0.717) is 18.4 Å². The quantitative estimate of drug-likeness (QED) is 0.635. The van der Waals surface area contributed by atoms with Gasteiger partial charge in [0.05, 0.1) is 6.10 Å². The molecule has 0 aromatic heterocycles. The second-order valence-electron chi connectivity index (χ2n) is 5.31. The number of fused-ring (bicyclic) bond motifs is 5. The van der Waals surface area contributed by atoms with E-state index in [9.17, 15) is 5.11 Å². The molecule has 0 heterocycles. The number of rotatable bonds is 1. The molecule has 3 fully saturated rings. The summed E-state index contributed by atoms with van der Waals surface area (Å²) in [7, 11) is 0. The smallest absolute Gasteiger partial charge is 0.0574 e. The van der Waals surface area contributed by atoms with Crippen LogP contribution in [0.2, 0.25) is 0 Å². The average Bonchev–Trinajstić information content (AvgIpc) is 2.71. The molecule has 6 atom stereocenters. The van der Waals surface area contributed by atoms with Crippen LogP contribution >= 0.6 is 0 Å². The van der Waals surface area contributed by atoms with Gasteiger partial charge in [-0.2, -0.15) is 0 Å². The topological polar surface area (TPSA) is 40.5 Å². The molecule has 3 rings (SSSR count). The zero-order valence-corrected chi connectivity index (χ0v) is 7.89. The van der Waals surface area contributed by atoms with Gasteiger partial charge in [-0.15, -0.1) is 0 Å². The molecule has 0 aliphatic heterocycles. The zero-order chi connectivity index (χ0) is 9.00. The highest BCUT2D eigenvalue weighted by molar-refractivity contribution is 5.04. The Morgan fingerprint density at radius 3 is 2.46 bits per heavy atom. The molecule has 3 saturated carbocycles. The highest BCUT2D eigenvalue weighted by Crippen LogP contribution is 2.59. The zero-order valence-electron chi connectivity index (χ0n) is 7.89. The largest absolute Gasteiger partial charge is 0.396 e. The van der Waals surface area contributed by atoms with Crippen LogP contribution in [0.4, 0.5) is 0 Å². The molecule has 0 radical (unpaired) electrons. The maximum absolute atomic E-state index is 9.76. The van der Waals surface area contributed by atoms with Gasteiger partial charge < -0.3 is 10.2 Å². The fourth-order valence-electron chi connectivity index (χ4n) is 4.30. The van der Waals surface area contributed by atoms with E-state index >= 15 is 0 Å². The van der Waals surface area contributed by atoms with Gasteiger partial charge in [0, 0.05) is 6.61 Å². The molecule has 2 heteroatoms. The third-order valence-electron chi connectivity index (χ3n) is 4.79. The molecule has 0 aromatic carbocycles. The van der Waals surface area contributed by atoms with Crippen LogP contribution < -0.4 is 0 Å². The predicted octanol–water partition coefficient (Wildman–Crippen LogP) is 1.02. The first-order valence-electron chi connectivity index (χ1n) is 5.58. The minimum absolute atomic E-state index is 0.0105. The van der Waals surface area contributed by atoms with Gasteiger partial charge in [-0.3, -0.25) is 0 Å². The van der Waals surface area contributed by atoms with E-state index in [1.165, 1.54) is 19.3 Å². The molecule has 2 N–H and O–H groups in total. The lowest BCUT2D eigenvalue weighted by Crippen LogP contribution is -2.27. The first-order valence-corrected chi connectivity index (χ1v) is 5.58. The maximum Gasteiger partial charge on any atom is 0.0574 e. The van der Waals surface area contributed by atoms with Crippen LogP contribution in [0.15, 0.2) is 0 Å². The Bertz CT molecular complexity index is 216. The molecule has 13 heavy (non-hydrogen) atoms. The summed E-state index contributed by atoms with van der Waals surface area (Å²) in [6.45, 7) is 0.364. The first kappa shape index (κ1) is 8.25. The van der Waals surface area contributed by atoms with Crippen molar-refractivity contribution in [1.29, 1.82) is 0 Å². The molecule has 0 unspecified atom stereocenters. The molecule has 3 aliphatic carbocycles. The van der Waals surface area contributed by atoms with E-state index in [-0.39, 0.29) is 6.10 Å². The van der Waals surface area contributed by atoms with Crippen LogP contribution in [-0.4, -0.2) is 22.9 Å². The standard InChI is InChI=1S/C11H18O2/c12-5-6-1-8-7-3-10(9(8)2-6)11(13)4-7/h6-13H,1-5H2/t6-,7-,8-,9-,10+,11-/m1/s1. The highest BCUT2D eigenvalue weighted by Gasteiger charge is 2.55. The fourth-order valence-corrected chi connectivity index (χ4v) is 4.30. The van der Waals surface area contributed by atoms with Gasteiger partial charge in [-0.05, 0) is 55.3 Å². The molecule has 74 valence electrons. The molecule has 0 aromatic rings. The SMILES string of the molecule is OC[C@H]1C[C@@H]2[C@H](C1)[C@@H]1C[C@@H]2[C@H](O)C1. The first-order chi connectivity index (χ1) is 6.29. The Hall–Kier alpha value is -0.0800. The van der Waals surface area contributed by atoms with Crippen molar-refractivity contribution in [3.8, 4) is 0 Å². The van der Waals surface area contributed by atoms with E-state index in [1.54, 1.807) is 0 Å². The molecule has 2 nitrogen and oxygen atoms in total. The molecule has 0 saturated heterocycles. The second kappa shape index (κ2) is 2.71. The van der Waals surface area contributed by atoms with Crippen LogP contribution in [0.25, 0.3) is 0 Å². The van der Waals surface area contributed by atoms with Gasteiger partial charge >= 0.3 is 0 Å². The van der Waals surface area contributed by atoms with Crippen molar-refractivity contribution in [3.63, 3.8) is 0 Å². The van der Waals surface area contributed by atoms with Crippen molar-refractivity contribution in [1.82, 2.24) is 0 Å². The molecule has 0 spiro atoms. The number of hydrogen-bond acceptors (Lipinski definition) is 2. The summed E-state index contributed by atoms with van der Waals surface area (Å²) >= 11 is 0. The van der Waals surface area contributed by atoms with Gasteiger partial charge in [0.25, 0.3) is 0 Å². The maximum atomic E-state index is 9.76. The Morgan fingerprint density at radius 1 is 0.923 bits per heavy atom. The van der Waals surface area contributed by atoms with Crippen LogP contribution in [-0.2, 0) is 0 Å². The number of aliphatic hydroxyl groups is 2. The van der Waals surface area contributed by atoms with Crippen molar-refractivity contribution in [2.75, 3.05) is 6.61 Å². The van der Waals surface area contributed by atoms with Crippen molar-refractivity contribution in [2.45, 2.75) is 31.8 Å². The van der Waals surface area contributed by atoms with Crippen LogP contribution in [0.1, 0.15) is 25.7 Å². The Kier molecular flexibility index (Phi) is 1.72. The van der Waals surface area contributed by atoms with Crippen LogP contribution in [0, 0.1) is 29.6 Å². The summed E-state index contributed by atoms with van der Waals surface area (Å²) in [6, 6.07) is 0. The van der Waals surface area contributed by atoms with Gasteiger partial charge in [-0.1, -0.05) is 0 Å². The van der Waals surface area contributed by atoms with Gasteiger partial charge in [0.2, 0.25) is 0 Å². The Morgan fingerprint density at radius 2 is 1.69 bits per heavy atom. The summed E-state index contributed by atoms with van der Waals surface area (Å²) < 4.78 is 0. The highest BCUT2D eigenvalue weighted by atomic mass is 16.3. The van der Waals surface area contributed by atoms with Crippen molar-refractivity contribution < 1.29 is 10.2 Å². The monoisotopic (exact) mass is 182 g/mol. The lowest BCUT2D eigenvalue weighted by molar-refractivity contribution is 0.0638. The molecular weight excluding hydrogens is 164 g/mol. The van der Waals surface area contributed by atoms with E-state index < -0.39 is 0 Å². The third kappa shape index (κ3) is 1.02. The summed E-state index contributed by atoms with van der Waals surface area (Å²) in [5.41, 5.74) is 0. The number of aliphatic hydroxyl groups excluding tert-OH is 2. The third-order valence-corrected chi connectivity index (χ3v) is 4.79. The Labute approximate surface area is 79.0 Å². The second-order valence-corrected chi connectivity index (χ2v) is 5.31. The average molecular weight is 182 g/mol. The summed E-state index contributed by atoms with van der Waals surface area (Å²) in [4.78, 5) is 0. The van der Waals surface area contributed by atoms with Crippen molar-refractivity contribution in [2.24, 2.45) is 29.6 Å². The lowest BCUT2D eigenvalue weighted by atomic mass is 9.80. The molecule has 3 aliphatic rings. The molecular formula is C11H18O2. The predicted molar refractivity (Wildman–Crippen MR) is 49.0 cm³/mol. The summed E-state index contributed by atoms with van der Waals surface area (Å²) in [6.07, 6.45) is 4.72. The van der Waals surface area contributed by atoms with E-state index in [4.69, 9.17) is 5.11 Å².